The zero-order valence-electron chi connectivity index (χ0n) is 20.4. The Morgan fingerprint density at radius 3 is 2.44 bits per heavy atom. The summed E-state index contributed by atoms with van der Waals surface area (Å²) >= 11 is 0. The van der Waals surface area contributed by atoms with E-state index >= 15 is 0 Å². The number of aliphatic hydroxyl groups is 1. The van der Waals surface area contributed by atoms with Gasteiger partial charge in [0.1, 0.15) is 18.3 Å². The summed E-state index contributed by atoms with van der Waals surface area (Å²) in [5, 5.41) is 14.3. The van der Waals surface area contributed by atoms with E-state index in [9.17, 15) is 5.11 Å². The normalized spacial score (nSPS) is 29.6. The van der Waals surface area contributed by atoms with Crippen LogP contribution in [0.15, 0.2) is 42.5 Å². The third kappa shape index (κ3) is 6.62. The lowest BCUT2D eigenvalue weighted by molar-refractivity contribution is -0.158. The first-order valence-electron chi connectivity index (χ1n) is 12.0. The van der Waals surface area contributed by atoms with Crippen LogP contribution >= 0.6 is 0 Å². The van der Waals surface area contributed by atoms with E-state index in [0.29, 0.717) is 19.6 Å². The second-order valence-electron chi connectivity index (χ2n) is 9.70. The number of rotatable bonds is 11. The molecule has 0 amide bonds. The molecule has 0 aromatic heterocycles. The van der Waals surface area contributed by atoms with Crippen LogP contribution in [0.3, 0.4) is 0 Å². The van der Waals surface area contributed by atoms with Gasteiger partial charge in [-0.1, -0.05) is 56.3 Å². The lowest BCUT2D eigenvalue weighted by Gasteiger charge is -2.35. The zero-order chi connectivity index (χ0) is 23.3. The highest BCUT2D eigenvalue weighted by molar-refractivity contribution is 5.14. The molecule has 3 rings (SSSR count). The minimum Gasteiger partial charge on any atom is -0.390 e. The first-order chi connectivity index (χ1) is 15.2. The molecular formula is C26H41NO5. The first-order valence-corrected chi connectivity index (χ1v) is 12.0. The van der Waals surface area contributed by atoms with Gasteiger partial charge in [-0.25, -0.2) is 0 Å². The van der Waals surface area contributed by atoms with Crippen LogP contribution in [-0.4, -0.2) is 60.2 Å². The van der Waals surface area contributed by atoms with Crippen molar-refractivity contribution in [3.63, 3.8) is 0 Å². The molecule has 1 saturated heterocycles. The molecule has 6 heteroatoms. The smallest absolute Gasteiger partial charge is 0.163 e. The number of benzene rings is 1. The van der Waals surface area contributed by atoms with Gasteiger partial charge in [0.05, 0.1) is 31.0 Å². The summed E-state index contributed by atoms with van der Waals surface area (Å²) in [6, 6.07) is 10.0. The Bertz CT molecular complexity index is 722. The summed E-state index contributed by atoms with van der Waals surface area (Å²) in [5.74, 6) is -0.350. The maximum Gasteiger partial charge on any atom is 0.163 e. The molecule has 0 spiro atoms. The van der Waals surface area contributed by atoms with Crippen LogP contribution in [0.5, 0.6) is 0 Å². The van der Waals surface area contributed by atoms with Crippen LogP contribution in [0.1, 0.15) is 53.5 Å². The van der Waals surface area contributed by atoms with E-state index in [0.717, 1.165) is 0 Å². The second kappa shape index (κ2) is 11.2. The maximum atomic E-state index is 10.7. The Kier molecular flexibility index (Phi) is 8.90. The molecule has 0 radical (unpaired) electrons. The minimum absolute atomic E-state index is 0.00519. The molecule has 1 aromatic carbocycles. The number of ether oxygens (including phenoxy) is 4. The van der Waals surface area contributed by atoms with Gasteiger partial charge in [0.25, 0.3) is 0 Å². The summed E-state index contributed by atoms with van der Waals surface area (Å²) < 4.78 is 24.9. The van der Waals surface area contributed by atoms with Crippen LogP contribution in [0.25, 0.3) is 0 Å². The van der Waals surface area contributed by atoms with Gasteiger partial charge in [-0.15, -0.1) is 0 Å². The molecule has 2 aliphatic rings. The number of nitrogens with one attached hydrogen (secondary N) is 1. The van der Waals surface area contributed by atoms with Crippen molar-refractivity contribution in [2.75, 3.05) is 6.61 Å². The maximum absolute atomic E-state index is 10.7. The lowest BCUT2D eigenvalue weighted by atomic mass is 9.90. The van der Waals surface area contributed by atoms with Crippen molar-refractivity contribution < 1.29 is 24.1 Å². The van der Waals surface area contributed by atoms with Crippen molar-refractivity contribution in [2.24, 2.45) is 5.92 Å². The number of fused-ring (bicyclic) bond motifs is 1. The van der Waals surface area contributed by atoms with E-state index in [-0.39, 0.29) is 42.5 Å². The molecule has 7 atom stereocenters. The molecule has 1 aromatic rings. The van der Waals surface area contributed by atoms with Crippen molar-refractivity contribution in [3.05, 3.63) is 48.0 Å². The van der Waals surface area contributed by atoms with E-state index in [1.165, 1.54) is 5.56 Å². The number of hydrogen-bond donors (Lipinski definition) is 2. The Morgan fingerprint density at radius 2 is 1.78 bits per heavy atom. The van der Waals surface area contributed by atoms with E-state index in [4.69, 9.17) is 18.9 Å². The molecule has 180 valence electrons. The van der Waals surface area contributed by atoms with Crippen LogP contribution < -0.4 is 5.32 Å². The van der Waals surface area contributed by atoms with Gasteiger partial charge in [0.2, 0.25) is 0 Å². The molecule has 1 aliphatic heterocycles. The molecule has 6 nitrogen and oxygen atoms in total. The molecular weight excluding hydrogens is 406 g/mol. The third-order valence-corrected chi connectivity index (χ3v) is 6.11. The van der Waals surface area contributed by atoms with Gasteiger partial charge in [-0.05, 0) is 39.7 Å². The minimum atomic E-state index is -0.621. The fourth-order valence-corrected chi connectivity index (χ4v) is 4.46. The molecule has 1 aliphatic carbocycles. The zero-order valence-corrected chi connectivity index (χ0v) is 20.4. The van der Waals surface area contributed by atoms with Crippen molar-refractivity contribution in [3.8, 4) is 0 Å². The standard InChI is InChI=1S/C26H41NO5/c1-7-21(28)24(30-17(2)3)20(27-15-19-11-9-8-10-12-19)16-29-22-14-13-18(4)23-25(22)32-26(5,6)31-23/h8-14,17-18,20-25,27-28H,7,15-16H2,1-6H3/t18?,20-,21+,22?,23-,24-,25-/m0/s1. The highest BCUT2D eigenvalue weighted by Gasteiger charge is 2.48. The number of hydrogen-bond acceptors (Lipinski definition) is 6. The average Bonchev–Trinajstić information content (AvgIpc) is 3.10. The topological polar surface area (TPSA) is 69.2 Å². The van der Waals surface area contributed by atoms with Crippen LogP contribution in [0.4, 0.5) is 0 Å². The van der Waals surface area contributed by atoms with E-state index in [1.54, 1.807) is 0 Å². The molecule has 0 bridgehead atoms. The van der Waals surface area contributed by atoms with Crippen molar-refractivity contribution >= 4 is 0 Å². The summed E-state index contributed by atoms with van der Waals surface area (Å²) in [4.78, 5) is 0. The Labute approximate surface area is 193 Å². The molecule has 2 unspecified atom stereocenters. The summed E-state index contributed by atoms with van der Waals surface area (Å²) in [5.41, 5.74) is 1.17. The predicted octanol–water partition coefficient (Wildman–Crippen LogP) is 3.82. The van der Waals surface area contributed by atoms with Crippen LogP contribution in [0.2, 0.25) is 0 Å². The highest BCUT2D eigenvalue weighted by Crippen LogP contribution is 2.38. The van der Waals surface area contributed by atoms with Gasteiger partial charge in [-0.3, -0.25) is 0 Å². The van der Waals surface area contributed by atoms with Gasteiger partial charge >= 0.3 is 0 Å². The summed E-state index contributed by atoms with van der Waals surface area (Å²) in [6.07, 6.45) is 3.47. The number of aliphatic hydroxyl groups excluding tert-OH is 1. The molecule has 1 heterocycles. The monoisotopic (exact) mass is 447 g/mol. The Morgan fingerprint density at radius 1 is 1.09 bits per heavy atom. The van der Waals surface area contributed by atoms with Gasteiger partial charge in [-0.2, -0.15) is 0 Å². The fourth-order valence-electron chi connectivity index (χ4n) is 4.46. The van der Waals surface area contributed by atoms with Gasteiger partial charge < -0.3 is 29.4 Å². The highest BCUT2D eigenvalue weighted by atomic mass is 16.8. The summed E-state index contributed by atoms with van der Waals surface area (Å²) in [7, 11) is 0. The lowest BCUT2D eigenvalue weighted by Crippen LogP contribution is -2.52. The van der Waals surface area contributed by atoms with E-state index in [1.807, 2.05) is 52.8 Å². The van der Waals surface area contributed by atoms with Gasteiger partial charge in [0.15, 0.2) is 5.79 Å². The largest absolute Gasteiger partial charge is 0.390 e. The third-order valence-electron chi connectivity index (χ3n) is 6.11. The van der Waals surface area contributed by atoms with E-state index < -0.39 is 11.9 Å². The Hall–Kier alpha value is -1.28. The molecule has 32 heavy (non-hydrogen) atoms. The van der Waals surface area contributed by atoms with Crippen molar-refractivity contribution in [1.82, 2.24) is 5.32 Å². The van der Waals surface area contributed by atoms with Crippen LogP contribution in [-0.2, 0) is 25.5 Å². The first kappa shape index (κ1) is 25.3. The predicted molar refractivity (Wildman–Crippen MR) is 125 cm³/mol. The van der Waals surface area contributed by atoms with Crippen molar-refractivity contribution in [2.45, 2.75) is 103 Å². The Balaban J connectivity index is 1.72. The second-order valence-corrected chi connectivity index (χ2v) is 9.70. The quantitative estimate of drug-likeness (QED) is 0.503. The fraction of sp³-hybridized carbons (Fsp3) is 0.692. The molecule has 1 fully saturated rings. The van der Waals surface area contributed by atoms with E-state index in [2.05, 4.69) is 36.5 Å². The molecule has 0 saturated carbocycles. The van der Waals surface area contributed by atoms with Gasteiger partial charge in [0, 0.05) is 12.5 Å². The SMILES string of the molecule is CC[C@@H](O)[C@@H](OC(C)C)[C@H](COC1C=CC(C)[C@@H]2OC(C)(C)O[C@@H]12)NCc1ccccc1. The van der Waals surface area contributed by atoms with Crippen LogP contribution in [0, 0.1) is 5.92 Å². The van der Waals surface area contributed by atoms with Crippen molar-refractivity contribution in [1.29, 1.82) is 0 Å². The molecule has 2 N–H and O–H groups in total. The average molecular weight is 448 g/mol. The summed E-state index contributed by atoms with van der Waals surface area (Å²) in [6.45, 7) is 13.0.